The molecule has 258 valence electrons. The first-order chi connectivity index (χ1) is 27.1. The van der Waals surface area contributed by atoms with Crippen molar-refractivity contribution in [1.29, 1.82) is 0 Å². The van der Waals surface area contributed by atoms with Gasteiger partial charge in [0.25, 0.3) is 0 Å². The van der Waals surface area contributed by atoms with Crippen molar-refractivity contribution in [2.75, 3.05) is 0 Å². The minimum atomic E-state index is 0.889. The first-order valence-corrected chi connectivity index (χ1v) is 19.1. The highest BCUT2D eigenvalue weighted by Crippen LogP contribution is 2.48. The number of rotatable bonds is 4. The quantitative estimate of drug-likeness (QED) is 0.167. The third kappa shape index (κ3) is 4.87. The SMILES string of the molecule is Cc1ccc(-c2c3ccccc3c(-c3ccc4c(c3)oc3cccc(-c5c6ccccc6c(-c6ccc(C)cc6)c6ccccc56)c34)c3ccccc23)cc1. The molecule has 1 heteroatoms. The Hall–Kier alpha value is -6.96. The molecule has 0 spiro atoms. The Morgan fingerprint density at radius 2 is 0.673 bits per heavy atom. The van der Waals surface area contributed by atoms with Crippen molar-refractivity contribution in [3.8, 4) is 44.5 Å². The van der Waals surface area contributed by atoms with E-state index in [-0.39, 0.29) is 0 Å². The average molecular weight is 701 g/mol. The summed E-state index contributed by atoms with van der Waals surface area (Å²) in [6.07, 6.45) is 0. The zero-order chi connectivity index (χ0) is 36.6. The van der Waals surface area contributed by atoms with Gasteiger partial charge in [-0.15, -0.1) is 0 Å². The van der Waals surface area contributed by atoms with Gasteiger partial charge in [0, 0.05) is 10.8 Å². The second-order valence-corrected chi connectivity index (χ2v) is 14.9. The molecule has 0 aliphatic heterocycles. The third-order valence-electron chi connectivity index (χ3n) is 11.6. The smallest absolute Gasteiger partial charge is 0.136 e. The molecule has 0 unspecified atom stereocenters. The summed E-state index contributed by atoms with van der Waals surface area (Å²) in [6.45, 7) is 4.29. The van der Waals surface area contributed by atoms with Crippen LogP contribution in [-0.4, -0.2) is 0 Å². The summed E-state index contributed by atoms with van der Waals surface area (Å²) < 4.78 is 6.83. The molecule has 0 aliphatic carbocycles. The van der Waals surface area contributed by atoms with Gasteiger partial charge in [0.15, 0.2) is 0 Å². The minimum Gasteiger partial charge on any atom is -0.456 e. The van der Waals surface area contributed by atoms with Crippen LogP contribution in [0.25, 0.3) is 110 Å². The van der Waals surface area contributed by atoms with Gasteiger partial charge in [-0.25, -0.2) is 0 Å². The van der Waals surface area contributed by atoms with Gasteiger partial charge in [0.2, 0.25) is 0 Å². The van der Waals surface area contributed by atoms with Gasteiger partial charge < -0.3 is 4.42 Å². The zero-order valence-electron chi connectivity index (χ0n) is 30.7. The molecule has 0 saturated carbocycles. The van der Waals surface area contributed by atoms with Crippen LogP contribution in [0.5, 0.6) is 0 Å². The lowest BCUT2D eigenvalue weighted by Crippen LogP contribution is -1.91. The van der Waals surface area contributed by atoms with Gasteiger partial charge in [-0.3, -0.25) is 0 Å². The number of hydrogen-bond acceptors (Lipinski definition) is 1. The number of hydrogen-bond donors (Lipinski definition) is 0. The highest BCUT2D eigenvalue weighted by Gasteiger charge is 2.22. The summed E-state index contributed by atoms with van der Waals surface area (Å²) >= 11 is 0. The maximum absolute atomic E-state index is 6.83. The molecule has 0 aliphatic rings. The molecule has 1 nitrogen and oxygen atoms in total. The summed E-state index contributed by atoms with van der Waals surface area (Å²) in [7, 11) is 0. The van der Waals surface area contributed by atoms with E-state index < -0.39 is 0 Å². The lowest BCUT2D eigenvalue weighted by atomic mass is 9.84. The molecule has 0 saturated heterocycles. The van der Waals surface area contributed by atoms with Crippen LogP contribution in [0.4, 0.5) is 0 Å². The van der Waals surface area contributed by atoms with Crippen LogP contribution in [-0.2, 0) is 0 Å². The number of benzene rings is 10. The fourth-order valence-electron chi connectivity index (χ4n) is 9.11. The molecule has 10 aromatic carbocycles. The van der Waals surface area contributed by atoms with Crippen LogP contribution < -0.4 is 0 Å². The van der Waals surface area contributed by atoms with Crippen molar-refractivity contribution in [2.45, 2.75) is 13.8 Å². The molecular formula is C54H36O. The van der Waals surface area contributed by atoms with Crippen LogP contribution in [0, 0.1) is 13.8 Å². The fraction of sp³-hybridized carbons (Fsp3) is 0.0370. The fourth-order valence-corrected chi connectivity index (χ4v) is 9.11. The molecule has 0 atom stereocenters. The highest BCUT2D eigenvalue weighted by atomic mass is 16.3. The predicted molar refractivity (Wildman–Crippen MR) is 235 cm³/mol. The van der Waals surface area contributed by atoms with Gasteiger partial charge in [-0.1, -0.05) is 175 Å². The Morgan fingerprint density at radius 1 is 0.291 bits per heavy atom. The van der Waals surface area contributed by atoms with Crippen LogP contribution in [0.2, 0.25) is 0 Å². The molecule has 0 N–H and O–H groups in total. The molecular weight excluding hydrogens is 665 g/mol. The van der Waals surface area contributed by atoms with Crippen molar-refractivity contribution in [3.63, 3.8) is 0 Å². The first-order valence-electron chi connectivity index (χ1n) is 19.1. The summed E-state index contributed by atoms with van der Waals surface area (Å²) in [5, 5.41) is 12.2. The normalized spacial score (nSPS) is 11.8. The van der Waals surface area contributed by atoms with Gasteiger partial charge in [0.05, 0.1) is 0 Å². The van der Waals surface area contributed by atoms with Crippen LogP contribution in [0.1, 0.15) is 11.1 Å². The monoisotopic (exact) mass is 700 g/mol. The molecule has 1 aromatic heterocycles. The van der Waals surface area contributed by atoms with Crippen LogP contribution in [0.3, 0.4) is 0 Å². The van der Waals surface area contributed by atoms with E-state index >= 15 is 0 Å². The Balaban J connectivity index is 1.17. The standard InChI is InChI=1S/C54H36O/c1-33-22-26-35(27-23-33)50-38-12-3-5-14-40(38)52(41-15-6-4-13-39(41)50)37-30-31-46-49(32-37)55-48-21-11-20-47(54(46)48)53-44-18-9-7-16-42(44)51(36-28-24-34(2)25-29-36)43-17-8-10-19-45(43)53/h3-32H,1-2H3. The van der Waals surface area contributed by atoms with E-state index in [0.29, 0.717) is 0 Å². The van der Waals surface area contributed by atoms with Crippen molar-refractivity contribution < 1.29 is 4.42 Å². The molecule has 11 aromatic rings. The van der Waals surface area contributed by atoms with E-state index in [1.807, 2.05) is 0 Å². The van der Waals surface area contributed by atoms with Crippen molar-refractivity contribution in [2.24, 2.45) is 0 Å². The predicted octanol–water partition coefficient (Wildman–Crippen LogP) is 15.5. The number of aryl methyl sites for hydroxylation is 2. The zero-order valence-corrected chi connectivity index (χ0v) is 30.7. The second kappa shape index (κ2) is 12.3. The second-order valence-electron chi connectivity index (χ2n) is 14.9. The summed E-state index contributed by atoms with van der Waals surface area (Å²) in [4.78, 5) is 0. The van der Waals surface area contributed by atoms with Crippen molar-refractivity contribution in [1.82, 2.24) is 0 Å². The number of fused-ring (bicyclic) bond motifs is 7. The first kappa shape index (κ1) is 31.6. The Kier molecular flexibility index (Phi) is 7.06. The number of furan rings is 1. The van der Waals surface area contributed by atoms with E-state index in [9.17, 15) is 0 Å². The third-order valence-corrected chi connectivity index (χ3v) is 11.6. The summed E-state index contributed by atoms with van der Waals surface area (Å²) in [6, 6.07) is 66.7. The maximum atomic E-state index is 6.83. The van der Waals surface area contributed by atoms with Gasteiger partial charge in [-0.2, -0.15) is 0 Å². The molecule has 0 fully saturated rings. The maximum Gasteiger partial charge on any atom is 0.136 e. The molecule has 1 heterocycles. The lowest BCUT2D eigenvalue weighted by molar-refractivity contribution is 0.669. The van der Waals surface area contributed by atoms with Gasteiger partial charge >= 0.3 is 0 Å². The summed E-state index contributed by atoms with van der Waals surface area (Å²) in [5.41, 5.74) is 14.1. The van der Waals surface area contributed by atoms with Crippen molar-refractivity contribution >= 4 is 65.0 Å². The Bertz CT molecular complexity index is 3190. The molecule has 0 radical (unpaired) electrons. The topological polar surface area (TPSA) is 13.1 Å². The van der Waals surface area contributed by atoms with Crippen molar-refractivity contribution in [3.05, 3.63) is 193 Å². The van der Waals surface area contributed by atoms with Crippen LogP contribution in [0.15, 0.2) is 186 Å². The molecule has 11 rings (SSSR count). The van der Waals surface area contributed by atoms with E-state index in [4.69, 9.17) is 4.42 Å². The molecule has 0 bridgehead atoms. The van der Waals surface area contributed by atoms with Crippen LogP contribution >= 0.6 is 0 Å². The average Bonchev–Trinajstić information content (AvgIpc) is 3.61. The minimum absolute atomic E-state index is 0.889. The molecule has 0 amide bonds. The Labute approximate surface area is 319 Å². The van der Waals surface area contributed by atoms with E-state index in [1.54, 1.807) is 0 Å². The van der Waals surface area contributed by atoms with Gasteiger partial charge in [0.1, 0.15) is 11.2 Å². The largest absolute Gasteiger partial charge is 0.456 e. The summed E-state index contributed by atoms with van der Waals surface area (Å²) in [5.74, 6) is 0. The van der Waals surface area contributed by atoms with Gasteiger partial charge in [-0.05, 0) is 120 Å². The van der Waals surface area contributed by atoms with E-state index in [1.165, 1.54) is 93.2 Å². The van der Waals surface area contributed by atoms with E-state index in [0.717, 1.165) is 27.5 Å². The molecule has 55 heavy (non-hydrogen) atoms. The lowest BCUT2D eigenvalue weighted by Gasteiger charge is -2.18. The highest BCUT2D eigenvalue weighted by molar-refractivity contribution is 6.26. The Morgan fingerprint density at radius 3 is 1.11 bits per heavy atom. The van der Waals surface area contributed by atoms with E-state index in [2.05, 4.69) is 196 Å².